The largest absolute Gasteiger partial charge is 0.497 e. The van der Waals surface area contributed by atoms with Crippen LogP contribution in [0.25, 0.3) is 10.9 Å². The average molecular weight is 284 g/mol. The fraction of sp³-hybridized carbons (Fsp3) is 0.471. The first-order chi connectivity index (χ1) is 10.3. The third kappa shape index (κ3) is 2.01. The molecular weight excluding hydrogens is 264 g/mol. The normalized spacial score (nSPS) is 18.4. The number of ether oxygens (including phenoxy) is 1. The summed E-state index contributed by atoms with van der Waals surface area (Å²) in [5.41, 5.74) is 3.68. The molecule has 0 spiro atoms. The molecule has 1 amide bonds. The second-order valence-corrected chi connectivity index (χ2v) is 6.13. The maximum absolute atomic E-state index is 12.4. The van der Waals surface area contributed by atoms with E-state index in [1.165, 1.54) is 23.1 Å². The van der Waals surface area contributed by atoms with Crippen molar-refractivity contribution >= 4 is 16.8 Å². The lowest BCUT2D eigenvalue weighted by molar-refractivity contribution is -0.139. The molecule has 1 aliphatic carbocycles. The van der Waals surface area contributed by atoms with E-state index in [1.54, 1.807) is 7.11 Å². The Bertz CT molecular complexity index is 700. The van der Waals surface area contributed by atoms with E-state index in [4.69, 9.17) is 4.74 Å². The van der Waals surface area contributed by atoms with Crippen LogP contribution in [0.15, 0.2) is 18.2 Å². The van der Waals surface area contributed by atoms with E-state index in [0.717, 1.165) is 43.6 Å². The highest BCUT2D eigenvalue weighted by Crippen LogP contribution is 2.33. The summed E-state index contributed by atoms with van der Waals surface area (Å²) in [5.74, 6) is 1.52. The first kappa shape index (κ1) is 12.7. The van der Waals surface area contributed by atoms with Gasteiger partial charge in [0.15, 0.2) is 0 Å². The second-order valence-electron chi connectivity index (χ2n) is 6.13. The summed E-state index contributed by atoms with van der Waals surface area (Å²) in [7, 11) is 1.69. The molecule has 1 aliphatic heterocycles. The molecule has 4 heteroatoms. The average Bonchev–Trinajstić information content (AvgIpc) is 2.81. The number of H-pyrrole nitrogens is 1. The molecule has 2 heterocycles. The summed E-state index contributed by atoms with van der Waals surface area (Å²) < 4.78 is 5.32. The smallest absolute Gasteiger partial charge is 0.226 e. The minimum atomic E-state index is 0.288. The van der Waals surface area contributed by atoms with Gasteiger partial charge in [-0.05, 0) is 43.0 Å². The van der Waals surface area contributed by atoms with Crippen LogP contribution in [0, 0.1) is 5.92 Å². The number of aromatic amines is 1. The van der Waals surface area contributed by atoms with Crippen LogP contribution in [0.1, 0.15) is 30.5 Å². The molecule has 2 aliphatic rings. The summed E-state index contributed by atoms with van der Waals surface area (Å²) in [6.07, 6.45) is 4.29. The highest BCUT2D eigenvalue weighted by molar-refractivity contribution is 5.87. The van der Waals surface area contributed by atoms with Gasteiger partial charge in [0.05, 0.1) is 13.7 Å². The number of carbonyl (C=O) groups excluding carboxylic acids is 1. The van der Waals surface area contributed by atoms with E-state index < -0.39 is 0 Å². The summed E-state index contributed by atoms with van der Waals surface area (Å²) in [4.78, 5) is 17.9. The Hall–Kier alpha value is -1.97. The number of nitrogens with one attached hydrogen (secondary N) is 1. The molecule has 0 atom stereocenters. The van der Waals surface area contributed by atoms with Gasteiger partial charge in [0.25, 0.3) is 0 Å². The minimum Gasteiger partial charge on any atom is -0.497 e. The predicted octanol–water partition coefficient (Wildman–Crippen LogP) is 2.86. The van der Waals surface area contributed by atoms with E-state index in [2.05, 4.69) is 17.1 Å². The van der Waals surface area contributed by atoms with Crippen molar-refractivity contribution in [2.75, 3.05) is 13.7 Å². The van der Waals surface area contributed by atoms with Crippen LogP contribution in [0.5, 0.6) is 5.75 Å². The standard InChI is InChI=1S/C17H20N2O2/c1-21-12-5-6-15-14(9-12)13-7-8-19(10-16(13)18-15)17(20)11-3-2-4-11/h5-6,9,11,18H,2-4,7-8,10H2,1H3. The fourth-order valence-electron chi connectivity index (χ4n) is 3.45. The monoisotopic (exact) mass is 284 g/mol. The van der Waals surface area contributed by atoms with Gasteiger partial charge in [0.2, 0.25) is 5.91 Å². The highest BCUT2D eigenvalue weighted by atomic mass is 16.5. The Morgan fingerprint density at radius 2 is 2.24 bits per heavy atom. The summed E-state index contributed by atoms with van der Waals surface area (Å²) in [6.45, 7) is 1.56. The molecule has 4 nitrogen and oxygen atoms in total. The molecule has 1 saturated carbocycles. The second kappa shape index (κ2) is 4.79. The van der Waals surface area contributed by atoms with Crippen molar-refractivity contribution in [1.29, 1.82) is 0 Å². The third-order valence-electron chi connectivity index (χ3n) is 4.95. The zero-order valence-corrected chi connectivity index (χ0v) is 12.3. The van der Waals surface area contributed by atoms with Gasteiger partial charge in [-0.1, -0.05) is 6.42 Å². The summed E-state index contributed by atoms with van der Waals surface area (Å²) >= 11 is 0. The number of benzene rings is 1. The molecule has 2 aromatic rings. The van der Waals surface area contributed by atoms with Gasteiger partial charge in [-0.25, -0.2) is 0 Å². The molecule has 0 bridgehead atoms. The molecule has 110 valence electrons. The van der Waals surface area contributed by atoms with E-state index in [-0.39, 0.29) is 5.92 Å². The topological polar surface area (TPSA) is 45.3 Å². The Kier molecular flexibility index (Phi) is 2.91. The van der Waals surface area contributed by atoms with Crippen molar-refractivity contribution in [3.8, 4) is 5.75 Å². The maximum Gasteiger partial charge on any atom is 0.226 e. The van der Waals surface area contributed by atoms with Crippen LogP contribution in [0.3, 0.4) is 0 Å². The number of nitrogens with zero attached hydrogens (tertiary/aromatic N) is 1. The van der Waals surface area contributed by atoms with Crippen molar-refractivity contribution in [2.45, 2.75) is 32.2 Å². The Labute approximate surface area is 124 Å². The number of methoxy groups -OCH3 is 1. The lowest BCUT2D eigenvalue weighted by atomic mass is 9.84. The van der Waals surface area contributed by atoms with Crippen LogP contribution in [-0.4, -0.2) is 29.4 Å². The number of rotatable bonds is 2. The Balaban J connectivity index is 1.64. The first-order valence-corrected chi connectivity index (χ1v) is 7.72. The van der Waals surface area contributed by atoms with Gasteiger partial charge in [0, 0.05) is 29.1 Å². The number of hydrogen-bond acceptors (Lipinski definition) is 2. The van der Waals surface area contributed by atoms with Crippen LogP contribution in [0.4, 0.5) is 0 Å². The number of hydrogen-bond donors (Lipinski definition) is 1. The highest BCUT2D eigenvalue weighted by Gasteiger charge is 2.32. The number of fused-ring (bicyclic) bond motifs is 3. The van der Waals surface area contributed by atoms with E-state index >= 15 is 0 Å². The van der Waals surface area contributed by atoms with Crippen molar-refractivity contribution in [3.63, 3.8) is 0 Å². The molecule has 1 fully saturated rings. The summed E-state index contributed by atoms with van der Waals surface area (Å²) in [6, 6.07) is 6.13. The number of aromatic nitrogens is 1. The Morgan fingerprint density at radius 3 is 2.95 bits per heavy atom. The lowest BCUT2D eigenvalue weighted by Crippen LogP contribution is -2.41. The zero-order chi connectivity index (χ0) is 14.4. The molecule has 1 aromatic carbocycles. The van der Waals surface area contributed by atoms with Gasteiger partial charge in [-0.3, -0.25) is 4.79 Å². The van der Waals surface area contributed by atoms with Gasteiger partial charge in [-0.15, -0.1) is 0 Å². The van der Waals surface area contributed by atoms with Crippen molar-refractivity contribution in [2.24, 2.45) is 5.92 Å². The van der Waals surface area contributed by atoms with Gasteiger partial charge < -0.3 is 14.6 Å². The molecule has 4 rings (SSSR count). The zero-order valence-electron chi connectivity index (χ0n) is 12.3. The third-order valence-corrected chi connectivity index (χ3v) is 4.95. The predicted molar refractivity (Wildman–Crippen MR) is 81.3 cm³/mol. The van der Waals surface area contributed by atoms with Gasteiger partial charge in [0.1, 0.15) is 5.75 Å². The molecule has 0 saturated heterocycles. The van der Waals surface area contributed by atoms with Crippen LogP contribution < -0.4 is 4.74 Å². The quantitative estimate of drug-likeness (QED) is 0.921. The van der Waals surface area contributed by atoms with Crippen LogP contribution in [-0.2, 0) is 17.8 Å². The first-order valence-electron chi connectivity index (χ1n) is 7.72. The van der Waals surface area contributed by atoms with Crippen molar-refractivity contribution in [1.82, 2.24) is 9.88 Å². The number of carbonyl (C=O) groups is 1. The summed E-state index contributed by atoms with van der Waals surface area (Å²) in [5, 5.41) is 1.24. The van der Waals surface area contributed by atoms with Crippen molar-refractivity contribution in [3.05, 3.63) is 29.5 Å². The fourth-order valence-corrected chi connectivity index (χ4v) is 3.45. The molecular formula is C17H20N2O2. The Morgan fingerprint density at radius 1 is 1.38 bits per heavy atom. The van der Waals surface area contributed by atoms with E-state index in [1.807, 2.05) is 11.0 Å². The van der Waals surface area contributed by atoms with Crippen LogP contribution in [0.2, 0.25) is 0 Å². The van der Waals surface area contributed by atoms with Gasteiger partial charge in [-0.2, -0.15) is 0 Å². The minimum absolute atomic E-state index is 0.288. The molecule has 1 N–H and O–H groups in total. The SMILES string of the molecule is COc1ccc2[nH]c3c(c2c1)CCN(C(=O)C1CCC1)C3. The van der Waals surface area contributed by atoms with E-state index in [0.29, 0.717) is 5.91 Å². The molecule has 1 aromatic heterocycles. The molecule has 0 radical (unpaired) electrons. The maximum atomic E-state index is 12.4. The molecule has 0 unspecified atom stereocenters. The van der Waals surface area contributed by atoms with E-state index in [9.17, 15) is 4.79 Å². The molecule has 21 heavy (non-hydrogen) atoms. The van der Waals surface area contributed by atoms with Gasteiger partial charge >= 0.3 is 0 Å². The lowest BCUT2D eigenvalue weighted by Gasteiger charge is -2.33. The van der Waals surface area contributed by atoms with Crippen LogP contribution >= 0.6 is 0 Å². The number of amides is 1. The van der Waals surface area contributed by atoms with Crippen molar-refractivity contribution < 1.29 is 9.53 Å².